The van der Waals surface area contributed by atoms with E-state index in [0.717, 1.165) is 0 Å². The quantitative estimate of drug-likeness (QED) is 0.595. The predicted octanol–water partition coefficient (Wildman–Crippen LogP) is 1.42. The van der Waals surface area contributed by atoms with Gasteiger partial charge in [0.15, 0.2) is 5.75 Å². The van der Waals surface area contributed by atoms with Crippen LogP contribution in [0.4, 0.5) is 5.69 Å². The van der Waals surface area contributed by atoms with Crippen LogP contribution in [0.25, 0.3) is 11.0 Å². The molecule has 0 radical (unpaired) electrons. The molecule has 1 aromatic heterocycles. The van der Waals surface area contributed by atoms with Gasteiger partial charge in [0.2, 0.25) is 0 Å². The number of nitrogen functional groups attached to an aromatic ring is 1. The van der Waals surface area contributed by atoms with Crippen molar-refractivity contribution in [2.24, 2.45) is 0 Å². The number of benzene rings is 1. The summed E-state index contributed by atoms with van der Waals surface area (Å²) in [6.07, 6.45) is 0. The zero-order valence-corrected chi connectivity index (χ0v) is 7.02. The molecule has 14 heavy (non-hydrogen) atoms. The van der Waals surface area contributed by atoms with Gasteiger partial charge in [0.05, 0.1) is 5.39 Å². The third-order valence-electron chi connectivity index (χ3n) is 1.88. The summed E-state index contributed by atoms with van der Waals surface area (Å²) in [5, 5.41) is 18.4. The van der Waals surface area contributed by atoms with Crippen molar-refractivity contribution in [1.29, 1.82) is 0 Å². The Morgan fingerprint density at radius 1 is 1.43 bits per heavy atom. The molecular formula is C9H7NO4. The van der Waals surface area contributed by atoms with Crippen molar-refractivity contribution in [2.45, 2.75) is 0 Å². The third-order valence-corrected chi connectivity index (χ3v) is 1.88. The molecule has 72 valence electrons. The van der Waals surface area contributed by atoms with Gasteiger partial charge in [-0.3, -0.25) is 0 Å². The number of fused-ring (bicyclic) bond motifs is 1. The average Bonchev–Trinajstić information content (AvgIpc) is 2.44. The lowest BCUT2D eigenvalue weighted by atomic mass is 10.2. The first-order chi connectivity index (χ1) is 6.59. The van der Waals surface area contributed by atoms with Crippen molar-refractivity contribution in [3.05, 3.63) is 24.0 Å². The molecule has 5 heteroatoms. The van der Waals surface area contributed by atoms with Gasteiger partial charge in [-0.15, -0.1) is 0 Å². The van der Waals surface area contributed by atoms with E-state index < -0.39 is 11.7 Å². The molecule has 0 aliphatic rings. The number of anilines is 1. The molecule has 0 aliphatic heterocycles. The fourth-order valence-electron chi connectivity index (χ4n) is 1.25. The zero-order valence-electron chi connectivity index (χ0n) is 7.02. The minimum Gasteiger partial charge on any atom is -0.504 e. The topological polar surface area (TPSA) is 96.7 Å². The highest BCUT2D eigenvalue weighted by atomic mass is 16.4. The molecule has 5 nitrogen and oxygen atoms in total. The summed E-state index contributed by atoms with van der Waals surface area (Å²) in [5.41, 5.74) is 6.21. The van der Waals surface area contributed by atoms with E-state index in [1.807, 2.05) is 0 Å². The van der Waals surface area contributed by atoms with E-state index >= 15 is 0 Å². The summed E-state index contributed by atoms with van der Waals surface area (Å²) in [4.78, 5) is 10.6. The number of hydrogen-bond donors (Lipinski definition) is 3. The Bertz CT molecular complexity index is 515. The Labute approximate surface area is 78.4 Å². The average molecular weight is 193 g/mol. The molecule has 0 atom stereocenters. The Kier molecular flexibility index (Phi) is 1.60. The van der Waals surface area contributed by atoms with Gasteiger partial charge in [-0.2, -0.15) is 0 Å². The van der Waals surface area contributed by atoms with Crippen molar-refractivity contribution in [2.75, 3.05) is 5.73 Å². The second-order valence-corrected chi connectivity index (χ2v) is 2.84. The first-order valence-corrected chi connectivity index (χ1v) is 3.84. The maximum Gasteiger partial charge on any atom is 0.375 e. The molecule has 0 spiro atoms. The van der Waals surface area contributed by atoms with Gasteiger partial charge in [0.25, 0.3) is 5.76 Å². The fourth-order valence-corrected chi connectivity index (χ4v) is 1.25. The van der Waals surface area contributed by atoms with Crippen LogP contribution in [0, 0.1) is 0 Å². The van der Waals surface area contributed by atoms with Crippen LogP contribution in [0.15, 0.2) is 22.6 Å². The zero-order chi connectivity index (χ0) is 10.3. The Hall–Kier alpha value is -2.17. The number of aromatic carboxylic acids is 1. The Morgan fingerprint density at radius 2 is 2.14 bits per heavy atom. The molecule has 0 aliphatic carbocycles. The minimum absolute atomic E-state index is 0.300. The molecule has 0 saturated heterocycles. The summed E-state index contributed by atoms with van der Waals surface area (Å²) in [6, 6.07) is 4.54. The van der Waals surface area contributed by atoms with Crippen LogP contribution in [0.2, 0.25) is 0 Å². The number of rotatable bonds is 1. The number of aromatic hydroxyl groups is 1. The standard InChI is InChI=1S/C9H7NO4/c10-4-1-2-6-5(3-4)7(11)8(14-6)9(12)13/h1-3,11H,10H2,(H,12,13). The van der Waals surface area contributed by atoms with Crippen molar-refractivity contribution in [3.63, 3.8) is 0 Å². The van der Waals surface area contributed by atoms with Crippen LogP contribution in [-0.2, 0) is 0 Å². The lowest BCUT2D eigenvalue weighted by molar-refractivity contribution is 0.0660. The molecule has 0 amide bonds. The second-order valence-electron chi connectivity index (χ2n) is 2.84. The SMILES string of the molecule is Nc1ccc2oc(C(=O)O)c(O)c2c1. The van der Waals surface area contributed by atoms with Crippen LogP contribution >= 0.6 is 0 Å². The molecule has 0 bridgehead atoms. The molecule has 1 heterocycles. The van der Waals surface area contributed by atoms with E-state index in [9.17, 15) is 9.90 Å². The molecule has 4 N–H and O–H groups in total. The van der Waals surface area contributed by atoms with Crippen molar-refractivity contribution >= 4 is 22.6 Å². The van der Waals surface area contributed by atoms with Gasteiger partial charge in [0.1, 0.15) is 5.58 Å². The van der Waals surface area contributed by atoms with E-state index in [2.05, 4.69) is 0 Å². The van der Waals surface area contributed by atoms with E-state index in [1.54, 1.807) is 6.07 Å². The highest BCUT2D eigenvalue weighted by molar-refractivity contribution is 5.98. The van der Waals surface area contributed by atoms with Crippen molar-refractivity contribution in [3.8, 4) is 5.75 Å². The van der Waals surface area contributed by atoms with Crippen LogP contribution in [-0.4, -0.2) is 16.2 Å². The first-order valence-electron chi connectivity index (χ1n) is 3.84. The number of nitrogens with two attached hydrogens (primary N) is 1. The first kappa shape index (κ1) is 8.43. The van der Waals surface area contributed by atoms with Gasteiger partial charge in [-0.1, -0.05) is 0 Å². The highest BCUT2D eigenvalue weighted by Gasteiger charge is 2.18. The van der Waals surface area contributed by atoms with E-state index in [0.29, 0.717) is 16.7 Å². The van der Waals surface area contributed by atoms with Gasteiger partial charge in [-0.25, -0.2) is 4.79 Å². The molecule has 0 unspecified atom stereocenters. The van der Waals surface area contributed by atoms with Crippen LogP contribution in [0.5, 0.6) is 5.75 Å². The molecular weight excluding hydrogens is 186 g/mol. The summed E-state index contributed by atoms with van der Waals surface area (Å²) in [7, 11) is 0. The predicted molar refractivity (Wildman–Crippen MR) is 49.3 cm³/mol. The maximum absolute atomic E-state index is 10.6. The number of carboxylic acids is 1. The van der Waals surface area contributed by atoms with Crippen molar-refractivity contribution in [1.82, 2.24) is 0 Å². The molecule has 0 saturated carbocycles. The monoisotopic (exact) mass is 193 g/mol. The van der Waals surface area contributed by atoms with E-state index in [4.69, 9.17) is 15.3 Å². The molecule has 2 rings (SSSR count). The third kappa shape index (κ3) is 1.06. The fraction of sp³-hybridized carbons (Fsp3) is 0. The van der Waals surface area contributed by atoms with Crippen LogP contribution in [0.3, 0.4) is 0 Å². The smallest absolute Gasteiger partial charge is 0.375 e. The molecule has 1 aromatic carbocycles. The number of carboxylic acid groups (broad SMARTS) is 1. The van der Waals surface area contributed by atoms with Crippen molar-refractivity contribution < 1.29 is 19.4 Å². The maximum atomic E-state index is 10.6. The van der Waals surface area contributed by atoms with Crippen LogP contribution in [0.1, 0.15) is 10.6 Å². The highest BCUT2D eigenvalue weighted by Crippen LogP contribution is 2.32. The van der Waals surface area contributed by atoms with Gasteiger partial charge < -0.3 is 20.4 Å². The Balaban J connectivity index is 2.80. The summed E-state index contributed by atoms with van der Waals surface area (Å²) in [6.45, 7) is 0. The normalized spacial score (nSPS) is 10.6. The number of carbonyl (C=O) groups is 1. The van der Waals surface area contributed by atoms with Gasteiger partial charge >= 0.3 is 5.97 Å². The number of furan rings is 1. The minimum atomic E-state index is -1.31. The van der Waals surface area contributed by atoms with Gasteiger partial charge in [0, 0.05) is 5.69 Å². The molecule has 0 fully saturated rings. The Morgan fingerprint density at radius 3 is 2.79 bits per heavy atom. The summed E-state index contributed by atoms with van der Waals surface area (Å²) >= 11 is 0. The molecule has 2 aromatic rings. The number of hydrogen-bond acceptors (Lipinski definition) is 4. The van der Waals surface area contributed by atoms with Gasteiger partial charge in [-0.05, 0) is 18.2 Å². The van der Waals surface area contributed by atoms with E-state index in [1.165, 1.54) is 12.1 Å². The lowest BCUT2D eigenvalue weighted by Crippen LogP contribution is -1.92. The van der Waals surface area contributed by atoms with Crippen LogP contribution < -0.4 is 5.73 Å². The van der Waals surface area contributed by atoms with E-state index in [-0.39, 0.29) is 5.75 Å². The second kappa shape index (κ2) is 2.66. The summed E-state index contributed by atoms with van der Waals surface area (Å²) in [5.74, 6) is -2.16. The summed E-state index contributed by atoms with van der Waals surface area (Å²) < 4.78 is 4.91. The largest absolute Gasteiger partial charge is 0.504 e. The lowest BCUT2D eigenvalue weighted by Gasteiger charge is -1.91.